The summed E-state index contributed by atoms with van der Waals surface area (Å²) in [6.07, 6.45) is -3.76. The Morgan fingerprint density at radius 2 is 1.53 bits per heavy atom. The van der Waals surface area contributed by atoms with Gasteiger partial charge in [-0.25, -0.2) is 0 Å². The molecule has 1 aliphatic heterocycles. The molecule has 6 rings (SSSR count). The number of aliphatic hydroxyl groups is 8. The molecule has 0 aromatic heterocycles. The Kier molecular flexibility index (Phi) is 8.68. The molecule has 6 aliphatic rings. The van der Waals surface area contributed by atoms with Crippen molar-refractivity contribution >= 4 is 5.97 Å². The molecule has 4 saturated carbocycles. The first-order chi connectivity index (χ1) is 21.8. The molecule has 268 valence electrons. The SMILES string of the molecule is CC1(C)CC[C@]2(C(=O)O[C@@H]3O[C@@H](CO)[C@@H](O)[C@@H](O)[C@H]3O)CC[C@]3(C)C(=CC[C@@H]4[C@@]5(C)C[C@@H](O)[C@H](O)[C@@](C)(CO)[C@@H]5C[C@@H](O)[C@]43C)[C@@H]2C1. The van der Waals surface area contributed by atoms with Gasteiger partial charge in [0.2, 0.25) is 6.29 Å². The van der Waals surface area contributed by atoms with Crippen LogP contribution in [0.5, 0.6) is 0 Å². The molecule has 0 radical (unpaired) electrons. The first-order valence-corrected chi connectivity index (χ1v) is 17.6. The predicted molar refractivity (Wildman–Crippen MR) is 169 cm³/mol. The average molecular weight is 667 g/mol. The van der Waals surface area contributed by atoms with Gasteiger partial charge in [0.05, 0.1) is 36.9 Å². The van der Waals surface area contributed by atoms with Crippen LogP contribution in [0.4, 0.5) is 0 Å². The van der Waals surface area contributed by atoms with Crippen molar-refractivity contribution in [2.24, 2.45) is 50.2 Å². The molecule has 0 spiro atoms. The van der Waals surface area contributed by atoms with Crippen LogP contribution in [0.1, 0.15) is 92.9 Å². The maximum Gasteiger partial charge on any atom is 0.315 e. The molecule has 0 aromatic carbocycles. The lowest BCUT2D eigenvalue weighted by atomic mass is 9.32. The quantitative estimate of drug-likeness (QED) is 0.160. The van der Waals surface area contributed by atoms with E-state index in [0.29, 0.717) is 44.9 Å². The summed E-state index contributed by atoms with van der Waals surface area (Å²) in [6, 6.07) is 0. The zero-order valence-electron chi connectivity index (χ0n) is 28.8. The Hall–Kier alpha value is -1.15. The number of rotatable bonds is 4. The van der Waals surface area contributed by atoms with Gasteiger partial charge in [0, 0.05) is 10.8 Å². The Morgan fingerprint density at radius 3 is 2.17 bits per heavy atom. The van der Waals surface area contributed by atoms with E-state index in [1.54, 1.807) is 0 Å². The highest BCUT2D eigenvalue weighted by Gasteiger charge is 2.73. The first-order valence-electron chi connectivity index (χ1n) is 17.6. The van der Waals surface area contributed by atoms with E-state index in [1.165, 1.54) is 0 Å². The molecule has 0 aromatic rings. The molecule has 11 heteroatoms. The molecular weight excluding hydrogens is 608 g/mol. The average Bonchev–Trinajstić information content (AvgIpc) is 3.01. The molecule has 0 amide bonds. The maximum atomic E-state index is 14.4. The van der Waals surface area contributed by atoms with E-state index in [0.717, 1.165) is 12.0 Å². The van der Waals surface area contributed by atoms with E-state index in [-0.39, 0.29) is 29.8 Å². The van der Waals surface area contributed by atoms with Gasteiger partial charge >= 0.3 is 5.97 Å². The molecule has 16 atom stereocenters. The molecule has 1 heterocycles. The van der Waals surface area contributed by atoms with Gasteiger partial charge in [0.25, 0.3) is 0 Å². The fraction of sp³-hybridized carbons (Fsp3) is 0.917. The summed E-state index contributed by atoms with van der Waals surface area (Å²) in [5.74, 6) is -1.03. The summed E-state index contributed by atoms with van der Waals surface area (Å²) in [7, 11) is 0. The molecule has 5 aliphatic carbocycles. The van der Waals surface area contributed by atoms with Crippen molar-refractivity contribution in [3.63, 3.8) is 0 Å². The van der Waals surface area contributed by atoms with Crippen LogP contribution in [-0.4, -0.2) is 109 Å². The number of hydrogen-bond donors (Lipinski definition) is 8. The number of ether oxygens (including phenoxy) is 2. The molecule has 8 N–H and O–H groups in total. The van der Waals surface area contributed by atoms with E-state index < -0.39 is 88.7 Å². The highest BCUT2D eigenvalue weighted by atomic mass is 16.7. The minimum atomic E-state index is -1.69. The van der Waals surface area contributed by atoms with Crippen molar-refractivity contribution in [3.05, 3.63) is 11.6 Å². The van der Waals surface area contributed by atoms with Crippen LogP contribution in [0.2, 0.25) is 0 Å². The molecule has 47 heavy (non-hydrogen) atoms. The number of aliphatic hydroxyl groups excluding tert-OH is 8. The smallest absolute Gasteiger partial charge is 0.315 e. The van der Waals surface area contributed by atoms with Crippen LogP contribution in [0.15, 0.2) is 11.6 Å². The second-order valence-electron chi connectivity index (χ2n) is 17.9. The molecular formula is C36H58O11. The summed E-state index contributed by atoms with van der Waals surface area (Å²) in [5, 5.41) is 86.0. The van der Waals surface area contributed by atoms with Crippen LogP contribution < -0.4 is 0 Å². The number of carbonyl (C=O) groups excluding carboxylic acids is 1. The summed E-state index contributed by atoms with van der Waals surface area (Å²) in [4.78, 5) is 14.4. The lowest BCUT2D eigenvalue weighted by Crippen LogP contribution is -2.71. The minimum Gasteiger partial charge on any atom is -0.432 e. The summed E-state index contributed by atoms with van der Waals surface area (Å²) >= 11 is 0. The fourth-order valence-electron chi connectivity index (χ4n) is 12.1. The molecule has 5 fully saturated rings. The van der Waals surface area contributed by atoms with E-state index in [4.69, 9.17) is 9.47 Å². The minimum absolute atomic E-state index is 0.0595. The second-order valence-corrected chi connectivity index (χ2v) is 17.9. The third-order valence-corrected chi connectivity index (χ3v) is 15.3. The fourth-order valence-corrected chi connectivity index (χ4v) is 12.1. The molecule has 11 nitrogen and oxygen atoms in total. The standard InChI is InChI=1S/C36H58O11/c1-31(2)9-11-36(30(45)47-29-27(43)26(42)25(41)21(16-37)46-29)12-10-34(5)18(19(36)14-31)7-8-22-32(3)15-20(39)28(44)33(4,17-38)23(32)13-24(40)35(22,34)6/h7,19-29,37-44H,8-17H2,1-6H3/t19-,20+,21-,22+,23+,24+,25+,26+,27+,28-,29-,32+,33-,34+,35-,36-/m0/s1. The van der Waals surface area contributed by atoms with E-state index in [2.05, 4.69) is 40.7 Å². The van der Waals surface area contributed by atoms with Crippen molar-refractivity contribution in [3.8, 4) is 0 Å². The largest absolute Gasteiger partial charge is 0.432 e. The third kappa shape index (κ3) is 4.74. The number of hydrogen-bond acceptors (Lipinski definition) is 11. The summed E-state index contributed by atoms with van der Waals surface area (Å²) in [6.45, 7) is 11.8. The summed E-state index contributed by atoms with van der Waals surface area (Å²) in [5.41, 5.74) is -2.47. The third-order valence-electron chi connectivity index (χ3n) is 15.3. The number of fused-ring (bicyclic) bond motifs is 7. The van der Waals surface area contributed by atoms with Gasteiger partial charge < -0.3 is 50.3 Å². The van der Waals surface area contributed by atoms with Crippen LogP contribution in [0.3, 0.4) is 0 Å². The zero-order chi connectivity index (χ0) is 34.7. The van der Waals surface area contributed by atoms with Gasteiger partial charge in [0.15, 0.2) is 0 Å². The van der Waals surface area contributed by atoms with Crippen LogP contribution in [0, 0.1) is 50.2 Å². The van der Waals surface area contributed by atoms with Gasteiger partial charge in [-0.2, -0.15) is 0 Å². The van der Waals surface area contributed by atoms with Crippen molar-refractivity contribution in [1.29, 1.82) is 0 Å². The van der Waals surface area contributed by atoms with Crippen LogP contribution >= 0.6 is 0 Å². The topological polar surface area (TPSA) is 197 Å². The molecule has 1 saturated heterocycles. The van der Waals surface area contributed by atoms with Gasteiger partial charge in [0.1, 0.15) is 24.4 Å². The van der Waals surface area contributed by atoms with Gasteiger partial charge in [-0.1, -0.05) is 53.2 Å². The Balaban J connectivity index is 1.39. The number of carbonyl (C=O) groups is 1. The van der Waals surface area contributed by atoms with Crippen molar-refractivity contribution in [1.82, 2.24) is 0 Å². The number of esters is 1. The van der Waals surface area contributed by atoms with Crippen molar-refractivity contribution in [2.75, 3.05) is 13.2 Å². The molecule has 0 unspecified atom stereocenters. The number of allylic oxidation sites excluding steroid dienone is 2. The van der Waals surface area contributed by atoms with E-state index in [9.17, 15) is 45.6 Å². The zero-order valence-corrected chi connectivity index (χ0v) is 28.8. The Bertz CT molecular complexity index is 1270. The van der Waals surface area contributed by atoms with Crippen LogP contribution in [0.25, 0.3) is 0 Å². The Morgan fingerprint density at radius 1 is 0.872 bits per heavy atom. The monoisotopic (exact) mass is 666 g/mol. The first kappa shape index (κ1) is 35.7. The van der Waals surface area contributed by atoms with Crippen molar-refractivity contribution in [2.45, 2.75) is 142 Å². The lowest BCUT2D eigenvalue weighted by molar-refractivity contribution is -0.298. The molecule has 0 bridgehead atoms. The van der Waals surface area contributed by atoms with Gasteiger partial charge in [-0.05, 0) is 85.4 Å². The van der Waals surface area contributed by atoms with E-state index >= 15 is 0 Å². The van der Waals surface area contributed by atoms with E-state index in [1.807, 2.05) is 6.92 Å². The van der Waals surface area contributed by atoms with Crippen LogP contribution in [-0.2, 0) is 14.3 Å². The maximum absolute atomic E-state index is 14.4. The second kappa shape index (κ2) is 11.4. The highest BCUT2D eigenvalue weighted by Crippen LogP contribution is 2.75. The van der Waals surface area contributed by atoms with Crippen molar-refractivity contribution < 1.29 is 55.1 Å². The highest BCUT2D eigenvalue weighted by molar-refractivity contribution is 5.79. The van der Waals surface area contributed by atoms with Gasteiger partial charge in [-0.15, -0.1) is 0 Å². The predicted octanol–water partition coefficient (Wildman–Crippen LogP) is 1.41. The van der Waals surface area contributed by atoms with Gasteiger partial charge in [-0.3, -0.25) is 4.79 Å². The Labute approximate surface area is 278 Å². The normalized spacial score (nSPS) is 55.4. The summed E-state index contributed by atoms with van der Waals surface area (Å²) < 4.78 is 11.5. The lowest BCUT2D eigenvalue weighted by Gasteiger charge is -2.72.